The number of aromatic nitrogens is 2. The molecule has 5 nitrogen and oxygen atoms in total. The van der Waals surface area contributed by atoms with Crippen molar-refractivity contribution in [2.45, 2.75) is 25.3 Å². The third kappa shape index (κ3) is 3.36. The van der Waals surface area contributed by atoms with Crippen molar-refractivity contribution in [3.8, 4) is 0 Å². The largest absolute Gasteiger partial charge is 0.358 e. The van der Waals surface area contributed by atoms with E-state index in [-0.39, 0.29) is 12.1 Å². The highest BCUT2D eigenvalue weighted by Gasteiger charge is 2.29. The SMILES string of the molecule is O=C(NCCc1cc2ccccc2[nH]1)N1CCCC1c1ccncc1. The van der Waals surface area contributed by atoms with Crippen molar-refractivity contribution in [1.29, 1.82) is 0 Å². The Bertz CT molecular complexity index is 825. The quantitative estimate of drug-likeness (QED) is 0.765. The van der Waals surface area contributed by atoms with Gasteiger partial charge in [-0.05, 0) is 48.1 Å². The average Bonchev–Trinajstić information content (AvgIpc) is 3.29. The van der Waals surface area contributed by atoms with E-state index in [0.29, 0.717) is 6.54 Å². The van der Waals surface area contributed by atoms with E-state index < -0.39 is 0 Å². The van der Waals surface area contributed by atoms with Crippen molar-refractivity contribution in [2.24, 2.45) is 0 Å². The Kier molecular flexibility index (Phi) is 4.37. The van der Waals surface area contributed by atoms with Crippen molar-refractivity contribution in [1.82, 2.24) is 20.2 Å². The first kappa shape index (κ1) is 15.7. The summed E-state index contributed by atoms with van der Waals surface area (Å²) in [6.07, 6.45) is 6.44. The molecule has 1 unspecified atom stereocenters. The first-order chi connectivity index (χ1) is 12.3. The number of rotatable bonds is 4. The number of amides is 2. The molecule has 2 N–H and O–H groups in total. The smallest absolute Gasteiger partial charge is 0.317 e. The maximum Gasteiger partial charge on any atom is 0.317 e. The van der Waals surface area contributed by atoms with Gasteiger partial charge in [0, 0.05) is 43.1 Å². The summed E-state index contributed by atoms with van der Waals surface area (Å²) in [5.74, 6) is 0. The lowest BCUT2D eigenvalue weighted by Gasteiger charge is -2.25. The zero-order valence-electron chi connectivity index (χ0n) is 14.1. The zero-order chi connectivity index (χ0) is 17.1. The second kappa shape index (κ2) is 6.97. The number of likely N-dealkylation sites (tertiary alicyclic amines) is 1. The zero-order valence-corrected chi connectivity index (χ0v) is 14.1. The fourth-order valence-electron chi connectivity index (χ4n) is 3.62. The molecule has 0 saturated carbocycles. The molecular formula is C20H22N4O. The van der Waals surface area contributed by atoms with Crippen LogP contribution in [0.5, 0.6) is 0 Å². The minimum absolute atomic E-state index is 0.0235. The van der Waals surface area contributed by atoms with Gasteiger partial charge >= 0.3 is 6.03 Å². The van der Waals surface area contributed by atoms with Crippen LogP contribution in [-0.4, -0.2) is 34.0 Å². The molecular weight excluding hydrogens is 312 g/mol. The minimum atomic E-state index is 0.0235. The van der Waals surface area contributed by atoms with Gasteiger partial charge in [0.1, 0.15) is 0 Å². The van der Waals surface area contributed by atoms with Crippen LogP contribution in [0, 0.1) is 0 Å². The fraction of sp³-hybridized carbons (Fsp3) is 0.300. The Hall–Kier alpha value is -2.82. The standard InChI is InChI=1S/C20H22N4O/c25-20(24-13-3-6-19(24)15-7-10-21-11-8-15)22-12-9-17-14-16-4-1-2-5-18(16)23-17/h1-2,4-5,7-8,10-11,14,19,23H,3,6,9,12-13H2,(H,22,25). The van der Waals surface area contributed by atoms with Crippen LogP contribution in [0.1, 0.15) is 30.1 Å². The number of urea groups is 1. The van der Waals surface area contributed by atoms with E-state index in [1.165, 1.54) is 10.9 Å². The first-order valence-electron chi connectivity index (χ1n) is 8.82. The molecule has 4 rings (SSSR count). The predicted molar refractivity (Wildman–Crippen MR) is 98.3 cm³/mol. The number of pyridine rings is 1. The van der Waals surface area contributed by atoms with E-state index in [9.17, 15) is 4.79 Å². The van der Waals surface area contributed by atoms with Crippen LogP contribution in [0.15, 0.2) is 54.9 Å². The number of H-pyrrole nitrogens is 1. The summed E-state index contributed by atoms with van der Waals surface area (Å²) in [6, 6.07) is 14.6. The molecule has 1 atom stereocenters. The summed E-state index contributed by atoms with van der Waals surface area (Å²) in [5.41, 5.74) is 3.45. The molecule has 1 aliphatic rings. The molecule has 1 fully saturated rings. The normalized spacial score (nSPS) is 17.1. The number of carbonyl (C=O) groups is 1. The minimum Gasteiger partial charge on any atom is -0.358 e. The number of nitrogens with zero attached hydrogens (tertiary/aromatic N) is 2. The Labute approximate surface area is 147 Å². The summed E-state index contributed by atoms with van der Waals surface area (Å²) < 4.78 is 0. The van der Waals surface area contributed by atoms with Crippen LogP contribution in [0.3, 0.4) is 0 Å². The Morgan fingerprint density at radius 3 is 2.92 bits per heavy atom. The summed E-state index contributed by atoms with van der Waals surface area (Å²) in [6.45, 7) is 1.44. The lowest BCUT2D eigenvalue weighted by atomic mass is 10.1. The Morgan fingerprint density at radius 2 is 2.08 bits per heavy atom. The summed E-state index contributed by atoms with van der Waals surface area (Å²) in [5, 5.41) is 4.28. The highest BCUT2D eigenvalue weighted by molar-refractivity contribution is 5.80. The topological polar surface area (TPSA) is 61.0 Å². The highest BCUT2D eigenvalue weighted by atomic mass is 16.2. The maximum atomic E-state index is 12.6. The van der Waals surface area contributed by atoms with Crippen LogP contribution < -0.4 is 5.32 Å². The Balaban J connectivity index is 1.35. The molecule has 0 aliphatic carbocycles. The third-order valence-electron chi connectivity index (χ3n) is 4.86. The van der Waals surface area contributed by atoms with E-state index in [4.69, 9.17) is 0 Å². The lowest BCUT2D eigenvalue weighted by Crippen LogP contribution is -2.40. The molecule has 3 heterocycles. The van der Waals surface area contributed by atoms with Gasteiger partial charge in [-0.1, -0.05) is 18.2 Å². The molecule has 25 heavy (non-hydrogen) atoms. The van der Waals surface area contributed by atoms with Gasteiger partial charge < -0.3 is 15.2 Å². The van der Waals surface area contributed by atoms with E-state index >= 15 is 0 Å². The fourth-order valence-corrected chi connectivity index (χ4v) is 3.62. The molecule has 1 aromatic carbocycles. The van der Waals surface area contributed by atoms with E-state index in [1.54, 1.807) is 12.4 Å². The van der Waals surface area contributed by atoms with E-state index in [0.717, 1.165) is 37.0 Å². The van der Waals surface area contributed by atoms with Gasteiger partial charge in [0.15, 0.2) is 0 Å². The summed E-state index contributed by atoms with van der Waals surface area (Å²) in [4.78, 5) is 22.0. The number of benzene rings is 1. The van der Waals surface area contributed by atoms with E-state index in [2.05, 4.69) is 33.5 Å². The number of hydrogen-bond acceptors (Lipinski definition) is 2. The summed E-state index contributed by atoms with van der Waals surface area (Å²) in [7, 11) is 0. The van der Waals surface area contributed by atoms with Crippen LogP contribution in [-0.2, 0) is 6.42 Å². The van der Waals surface area contributed by atoms with Crippen molar-refractivity contribution < 1.29 is 4.79 Å². The number of aromatic amines is 1. The number of nitrogens with one attached hydrogen (secondary N) is 2. The molecule has 0 spiro atoms. The number of hydrogen-bond donors (Lipinski definition) is 2. The molecule has 128 valence electrons. The molecule has 1 saturated heterocycles. The van der Waals surface area contributed by atoms with Crippen molar-refractivity contribution >= 4 is 16.9 Å². The van der Waals surface area contributed by atoms with Crippen LogP contribution in [0.25, 0.3) is 10.9 Å². The molecule has 2 amide bonds. The monoisotopic (exact) mass is 334 g/mol. The van der Waals surface area contributed by atoms with Gasteiger partial charge in [-0.15, -0.1) is 0 Å². The van der Waals surface area contributed by atoms with Gasteiger partial charge in [0.25, 0.3) is 0 Å². The average molecular weight is 334 g/mol. The maximum absolute atomic E-state index is 12.6. The predicted octanol–water partition coefficient (Wildman–Crippen LogP) is 3.65. The molecule has 3 aromatic rings. The molecule has 0 bridgehead atoms. The van der Waals surface area contributed by atoms with Gasteiger partial charge in [-0.25, -0.2) is 4.79 Å². The lowest BCUT2D eigenvalue weighted by molar-refractivity contribution is 0.193. The van der Waals surface area contributed by atoms with Crippen molar-refractivity contribution in [3.63, 3.8) is 0 Å². The highest BCUT2D eigenvalue weighted by Crippen LogP contribution is 2.31. The summed E-state index contributed by atoms with van der Waals surface area (Å²) >= 11 is 0. The van der Waals surface area contributed by atoms with Crippen molar-refractivity contribution in [3.05, 3.63) is 66.1 Å². The molecule has 0 radical (unpaired) electrons. The van der Waals surface area contributed by atoms with Gasteiger partial charge in [0.05, 0.1) is 6.04 Å². The number of fused-ring (bicyclic) bond motifs is 1. The van der Waals surface area contributed by atoms with Crippen LogP contribution in [0.4, 0.5) is 4.79 Å². The molecule has 2 aromatic heterocycles. The van der Waals surface area contributed by atoms with Gasteiger partial charge in [-0.3, -0.25) is 4.98 Å². The molecule has 1 aliphatic heterocycles. The van der Waals surface area contributed by atoms with Gasteiger partial charge in [0.2, 0.25) is 0 Å². The second-order valence-corrected chi connectivity index (χ2v) is 6.50. The second-order valence-electron chi connectivity index (χ2n) is 6.50. The van der Waals surface area contributed by atoms with E-state index in [1.807, 2.05) is 29.2 Å². The van der Waals surface area contributed by atoms with Crippen LogP contribution in [0.2, 0.25) is 0 Å². The Morgan fingerprint density at radius 1 is 1.24 bits per heavy atom. The van der Waals surface area contributed by atoms with Crippen LogP contribution >= 0.6 is 0 Å². The number of carbonyl (C=O) groups excluding carboxylic acids is 1. The number of para-hydroxylation sites is 1. The third-order valence-corrected chi connectivity index (χ3v) is 4.86. The molecule has 5 heteroatoms. The van der Waals surface area contributed by atoms with Crippen molar-refractivity contribution in [2.75, 3.05) is 13.1 Å². The first-order valence-corrected chi connectivity index (χ1v) is 8.82. The van der Waals surface area contributed by atoms with Gasteiger partial charge in [-0.2, -0.15) is 0 Å².